The Morgan fingerprint density at radius 1 is 0.921 bits per heavy atom. The van der Waals surface area contributed by atoms with Crippen LogP contribution in [0.15, 0.2) is 59.5 Å². The van der Waals surface area contributed by atoms with Crippen LogP contribution in [-0.2, 0) is 14.8 Å². The van der Waals surface area contributed by atoms with E-state index in [0.29, 0.717) is 42.3 Å². The predicted octanol–water partition coefficient (Wildman–Crippen LogP) is 5.39. The molecule has 202 valence electrons. The summed E-state index contributed by atoms with van der Waals surface area (Å²) in [4.78, 5) is 27.3. The number of carbonyl (C=O) groups excluding carboxylic acids is 2. The minimum absolute atomic E-state index is 0.117. The van der Waals surface area contributed by atoms with Gasteiger partial charge in [-0.05, 0) is 82.2 Å². The highest BCUT2D eigenvalue weighted by Crippen LogP contribution is 2.28. The summed E-state index contributed by atoms with van der Waals surface area (Å²) in [7, 11) is -3.88. The second kappa shape index (κ2) is 10.7. The smallest absolute Gasteiger partial charge is 0.410 e. The van der Waals surface area contributed by atoms with E-state index in [-0.39, 0.29) is 22.9 Å². The third kappa shape index (κ3) is 6.16. The number of hydrogen-bond donors (Lipinski definition) is 2. The molecule has 8 nitrogen and oxygen atoms in total. The first-order valence-corrected chi connectivity index (χ1v) is 14.2. The van der Waals surface area contributed by atoms with E-state index >= 15 is 0 Å². The summed E-state index contributed by atoms with van der Waals surface area (Å²) in [6.45, 7) is 10.2. The van der Waals surface area contributed by atoms with Gasteiger partial charge in [0.15, 0.2) is 0 Å². The van der Waals surface area contributed by atoms with Gasteiger partial charge in [-0.25, -0.2) is 17.9 Å². The molecule has 1 saturated heterocycles. The molecule has 3 aromatic rings. The van der Waals surface area contributed by atoms with Crippen molar-refractivity contribution in [2.75, 3.05) is 18.4 Å². The summed E-state index contributed by atoms with van der Waals surface area (Å²) < 4.78 is 35.1. The Morgan fingerprint density at radius 3 is 2.24 bits per heavy atom. The highest BCUT2D eigenvalue weighted by atomic mass is 32.2. The van der Waals surface area contributed by atoms with Gasteiger partial charge in [-0.3, -0.25) is 4.79 Å². The molecule has 1 fully saturated rings. The fourth-order valence-electron chi connectivity index (χ4n) is 4.57. The van der Waals surface area contributed by atoms with Crippen molar-refractivity contribution in [1.29, 1.82) is 0 Å². The highest BCUT2D eigenvalue weighted by Gasteiger charge is 2.30. The molecule has 38 heavy (non-hydrogen) atoms. The van der Waals surface area contributed by atoms with Crippen LogP contribution in [0, 0.1) is 13.8 Å². The third-order valence-electron chi connectivity index (χ3n) is 6.74. The molecule has 1 aliphatic heterocycles. The first-order chi connectivity index (χ1) is 17.9. The Hall–Kier alpha value is -3.43. The summed E-state index contributed by atoms with van der Waals surface area (Å²) in [5.74, 6) is -0.304. The number of ether oxygens (including phenoxy) is 1. The van der Waals surface area contributed by atoms with Gasteiger partial charge in [0.1, 0.15) is 5.60 Å². The first-order valence-electron chi connectivity index (χ1n) is 12.8. The number of piperidine rings is 1. The third-order valence-corrected chi connectivity index (χ3v) is 8.32. The molecule has 0 atom stereocenters. The number of aryl methyl sites for hydroxylation is 1. The average molecular weight is 538 g/mol. The largest absolute Gasteiger partial charge is 0.444 e. The normalized spacial score (nSPS) is 14.9. The van der Waals surface area contributed by atoms with Crippen LogP contribution in [0.2, 0.25) is 0 Å². The molecular weight excluding hydrogens is 502 g/mol. The zero-order chi connectivity index (χ0) is 27.7. The number of hydrogen-bond acceptors (Lipinski definition) is 5. The summed E-state index contributed by atoms with van der Waals surface area (Å²) in [6, 6.07) is 15.4. The van der Waals surface area contributed by atoms with Gasteiger partial charge in [-0.15, -0.1) is 0 Å². The van der Waals surface area contributed by atoms with Gasteiger partial charge in [0.2, 0.25) is 10.0 Å². The van der Waals surface area contributed by atoms with E-state index in [1.54, 1.807) is 35.2 Å². The molecule has 0 radical (unpaired) electrons. The van der Waals surface area contributed by atoms with Crippen LogP contribution in [0.5, 0.6) is 0 Å². The van der Waals surface area contributed by atoms with E-state index in [1.165, 1.54) is 6.07 Å². The molecule has 4 rings (SSSR count). The number of rotatable bonds is 5. The topological polar surface area (TPSA) is 105 Å². The van der Waals surface area contributed by atoms with Gasteiger partial charge in [-0.1, -0.05) is 36.4 Å². The maximum absolute atomic E-state index is 13.5. The van der Waals surface area contributed by atoms with Crippen molar-refractivity contribution in [1.82, 2.24) is 9.62 Å². The quantitative estimate of drug-likeness (QED) is 0.454. The van der Waals surface area contributed by atoms with Crippen molar-refractivity contribution >= 4 is 38.5 Å². The van der Waals surface area contributed by atoms with Gasteiger partial charge < -0.3 is 15.0 Å². The van der Waals surface area contributed by atoms with Crippen LogP contribution >= 0.6 is 0 Å². The molecule has 0 spiro atoms. The Balaban J connectivity index is 1.53. The molecule has 0 saturated carbocycles. The molecule has 2 amide bonds. The highest BCUT2D eigenvalue weighted by molar-refractivity contribution is 7.89. The predicted molar refractivity (Wildman–Crippen MR) is 149 cm³/mol. The van der Waals surface area contributed by atoms with Gasteiger partial charge in [0.25, 0.3) is 5.91 Å². The summed E-state index contributed by atoms with van der Waals surface area (Å²) >= 11 is 0. The Bertz CT molecular complexity index is 1470. The number of benzene rings is 3. The maximum atomic E-state index is 13.5. The number of anilines is 1. The number of likely N-dealkylation sites (tertiary alicyclic amines) is 1. The molecule has 0 bridgehead atoms. The molecular formula is C29H35N3O5S. The zero-order valence-corrected chi connectivity index (χ0v) is 23.3. The molecule has 1 aliphatic rings. The molecule has 1 heterocycles. The number of nitrogens with zero attached hydrogens (tertiary/aromatic N) is 1. The molecule has 2 N–H and O–H groups in total. The molecule has 3 aromatic carbocycles. The first kappa shape index (κ1) is 27.6. The van der Waals surface area contributed by atoms with Gasteiger partial charge in [0.05, 0.1) is 4.90 Å². The van der Waals surface area contributed by atoms with E-state index in [2.05, 4.69) is 10.0 Å². The van der Waals surface area contributed by atoms with E-state index < -0.39 is 15.6 Å². The lowest BCUT2D eigenvalue weighted by atomic mass is 10.0. The van der Waals surface area contributed by atoms with E-state index in [0.717, 1.165) is 16.8 Å². The Labute approximate surface area is 224 Å². The number of nitrogens with one attached hydrogen (secondary N) is 2. The van der Waals surface area contributed by atoms with Crippen molar-refractivity contribution in [3.05, 3.63) is 71.3 Å². The van der Waals surface area contributed by atoms with E-state index in [9.17, 15) is 18.0 Å². The number of fused-ring (bicyclic) bond motifs is 1. The minimum Gasteiger partial charge on any atom is -0.444 e. The fraction of sp³-hybridized carbons (Fsp3) is 0.379. The van der Waals surface area contributed by atoms with Gasteiger partial charge >= 0.3 is 6.09 Å². The average Bonchev–Trinajstić information content (AvgIpc) is 2.85. The summed E-state index contributed by atoms with van der Waals surface area (Å²) in [6.07, 6.45) is 0.568. The lowest BCUT2D eigenvalue weighted by Gasteiger charge is -2.33. The van der Waals surface area contributed by atoms with Crippen LogP contribution in [-0.4, -0.2) is 50.1 Å². The maximum Gasteiger partial charge on any atom is 0.410 e. The van der Waals surface area contributed by atoms with Crippen LogP contribution < -0.4 is 10.0 Å². The monoisotopic (exact) mass is 537 g/mol. The number of amides is 2. The van der Waals surface area contributed by atoms with Crippen molar-refractivity contribution in [3.63, 3.8) is 0 Å². The minimum atomic E-state index is -3.88. The fourth-order valence-corrected chi connectivity index (χ4v) is 6.09. The van der Waals surface area contributed by atoms with Gasteiger partial charge in [-0.2, -0.15) is 0 Å². The SMILES string of the molecule is Cc1cccc(NC(=O)c2ccc(S(=O)(=O)NC3CCN(C(=O)OC(C)(C)C)CC3)c3ccccc23)c1C. The molecule has 0 aliphatic carbocycles. The van der Waals surface area contributed by atoms with Crippen LogP contribution in [0.1, 0.15) is 55.1 Å². The lowest BCUT2D eigenvalue weighted by molar-refractivity contribution is 0.0203. The lowest BCUT2D eigenvalue weighted by Crippen LogP contribution is -2.47. The number of carbonyl (C=O) groups is 2. The van der Waals surface area contributed by atoms with E-state index in [4.69, 9.17) is 4.74 Å². The number of sulfonamides is 1. The summed E-state index contributed by atoms with van der Waals surface area (Å²) in [5, 5.41) is 3.99. The summed E-state index contributed by atoms with van der Waals surface area (Å²) in [5.41, 5.74) is 2.57. The standard InChI is InChI=1S/C29H35N3O5S/c1-19-9-8-12-25(20(19)2)30-27(33)24-13-14-26(23-11-7-6-10-22(23)24)38(35,36)31-21-15-17-32(18-16-21)28(34)37-29(3,4)5/h6-14,21,31H,15-18H2,1-5H3,(H,30,33). The zero-order valence-electron chi connectivity index (χ0n) is 22.5. The molecule has 0 unspecified atom stereocenters. The van der Waals surface area contributed by atoms with Crippen LogP contribution in [0.4, 0.5) is 10.5 Å². The molecule has 9 heteroatoms. The van der Waals surface area contributed by atoms with Gasteiger partial charge in [0, 0.05) is 35.8 Å². The van der Waals surface area contributed by atoms with Crippen LogP contribution in [0.3, 0.4) is 0 Å². The van der Waals surface area contributed by atoms with Crippen molar-refractivity contribution in [2.45, 2.75) is 64.0 Å². The Kier molecular flexibility index (Phi) is 7.80. The van der Waals surface area contributed by atoms with Crippen molar-refractivity contribution in [3.8, 4) is 0 Å². The Morgan fingerprint density at radius 2 is 1.58 bits per heavy atom. The molecule has 0 aromatic heterocycles. The van der Waals surface area contributed by atoms with Crippen LogP contribution in [0.25, 0.3) is 10.8 Å². The second-order valence-corrected chi connectivity index (χ2v) is 12.4. The van der Waals surface area contributed by atoms with E-state index in [1.807, 2.05) is 52.8 Å². The van der Waals surface area contributed by atoms with Crippen molar-refractivity contribution in [2.24, 2.45) is 0 Å². The van der Waals surface area contributed by atoms with Crippen molar-refractivity contribution < 1.29 is 22.7 Å². The second-order valence-electron chi connectivity index (χ2n) is 10.7.